The van der Waals surface area contributed by atoms with E-state index in [1.807, 2.05) is 0 Å². The van der Waals surface area contributed by atoms with Crippen LogP contribution in [0.25, 0.3) is 0 Å². The van der Waals surface area contributed by atoms with Crippen LogP contribution in [0.5, 0.6) is 0 Å². The van der Waals surface area contributed by atoms with Crippen LogP contribution in [0.2, 0.25) is 0 Å². The van der Waals surface area contributed by atoms with E-state index in [-0.39, 0.29) is 6.42 Å². The van der Waals surface area contributed by atoms with Crippen LogP contribution in [0.3, 0.4) is 0 Å². The maximum atomic E-state index is 12.7. The Morgan fingerprint density at radius 2 is 0.741 bits per heavy atom. The lowest BCUT2D eigenvalue weighted by Crippen LogP contribution is -2.59. The van der Waals surface area contributed by atoms with Crippen LogP contribution in [-0.2, 0) is 0 Å². The molecule has 0 amide bonds. The lowest BCUT2D eigenvalue weighted by Gasteiger charge is -2.38. The number of hydrogen-bond acceptors (Lipinski definition) is 2. The molecule has 27 heavy (non-hydrogen) atoms. The molecule has 1 aliphatic carbocycles. The van der Waals surface area contributed by atoms with Gasteiger partial charge in [-0.3, -0.25) is 0 Å². The molecule has 2 N–H and O–H groups in total. The molecule has 1 rings (SSSR count). The summed E-state index contributed by atoms with van der Waals surface area (Å²) >= 11 is 0. The Morgan fingerprint density at radius 1 is 0.519 bits per heavy atom. The van der Waals surface area contributed by atoms with Gasteiger partial charge in [-0.05, 0) is 24.7 Å². The van der Waals surface area contributed by atoms with E-state index in [1.165, 1.54) is 0 Å². The molecule has 0 saturated heterocycles. The second-order valence-corrected chi connectivity index (χ2v) is 6.57. The summed E-state index contributed by atoms with van der Waals surface area (Å²) < 4.78 is 153. The molecule has 1 aliphatic rings. The molecule has 162 valence electrons. The van der Waals surface area contributed by atoms with Crippen molar-refractivity contribution in [2.75, 3.05) is 0 Å². The van der Waals surface area contributed by atoms with Crippen molar-refractivity contribution in [1.29, 1.82) is 0 Å². The van der Waals surface area contributed by atoms with Crippen molar-refractivity contribution < 1.29 is 62.9 Å². The fraction of sp³-hybridized carbons (Fsp3) is 1.00. The van der Waals surface area contributed by atoms with E-state index >= 15 is 0 Å². The van der Waals surface area contributed by atoms with Gasteiger partial charge < -0.3 is 10.2 Å². The van der Waals surface area contributed by atoms with Gasteiger partial charge in [0.1, 0.15) is 0 Å². The highest BCUT2D eigenvalue weighted by atomic mass is 19.4. The first kappa shape index (κ1) is 24.1. The van der Waals surface area contributed by atoms with Crippen LogP contribution in [-0.4, -0.2) is 46.1 Å². The van der Waals surface area contributed by atoms with E-state index in [9.17, 15) is 52.7 Å². The van der Waals surface area contributed by atoms with Gasteiger partial charge in [0.15, 0.2) is 0 Å². The average Bonchev–Trinajstić information content (AvgIpc) is 2.80. The Bertz CT molecular complexity index is 441. The molecule has 0 spiro atoms. The molecule has 0 heterocycles. The Balaban J connectivity index is 3.19. The van der Waals surface area contributed by atoms with E-state index in [2.05, 4.69) is 0 Å². The smallest absolute Gasteiger partial charge is 0.374 e. The van der Waals surface area contributed by atoms with Gasteiger partial charge >= 0.3 is 24.7 Å². The molecule has 2 atom stereocenters. The highest BCUT2D eigenvalue weighted by Crippen LogP contribution is 2.54. The van der Waals surface area contributed by atoms with Gasteiger partial charge in [-0.15, -0.1) is 0 Å². The molecule has 14 heteroatoms. The quantitative estimate of drug-likeness (QED) is 0.624. The zero-order valence-corrected chi connectivity index (χ0v) is 13.1. The third-order valence-electron chi connectivity index (χ3n) is 4.81. The first-order valence-corrected chi connectivity index (χ1v) is 7.39. The lowest BCUT2D eigenvalue weighted by molar-refractivity contribution is -0.379. The van der Waals surface area contributed by atoms with Gasteiger partial charge in [-0.25, -0.2) is 0 Å². The molecular formula is C13H14F12O2. The minimum atomic E-state index is -6.25. The number of aliphatic hydroxyl groups is 2. The maximum Gasteiger partial charge on any atom is 0.426 e. The maximum absolute atomic E-state index is 12.7. The zero-order chi connectivity index (χ0) is 21.7. The summed E-state index contributed by atoms with van der Waals surface area (Å²) in [7, 11) is 0. The van der Waals surface area contributed by atoms with Gasteiger partial charge in [0.2, 0.25) is 0 Å². The average molecular weight is 430 g/mol. The summed E-state index contributed by atoms with van der Waals surface area (Å²) in [6.45, 7) is 0. The molecular weight excluding hydrogens is 416 g/mol. The predicted octanol–water partition coefficient (Wildman–Crippen LogP) is 4.89. The molecule has 0 unspecified atom stereocenters. The van der Waals surface area contributed by atoms with Crippen LogP contribution in [0.15, 0.2) is 0 Å². The second-order valence-electron chi connectivity index (χ2n) is 6.57. The van der Waals surface area contributed by atoms with Crippen molar-refractivity contribution in [2.45, 2.75) is 68.0 Å². The van der Waals surface area contributed by atoms with E-state index in [0.29, 0.717) is 0 Å². The summed E-state index contributed by atoms with van der Waals surface area (Å²) in [5.41, 5.74) is -10.6. The van der Waals surface area contributed by atoms with Crippen LogP contribution >= 0.6 is 0 Å². The minimum Gasteiger partial charge on any atom is -0.374 e. The minimum absolute atomic E-state index is 0.257. The van der Waals surface area contributed by atoms with Crippen molar-refractivity contribution in [2.24, 2.45) is 11.8 Å². The van der Waals surface area contributed by atoms with Crippen LogP contribution in [0.1, 0.15) is 32.1 Å². The Kier molecular flexibility index (Phi) is 6.12. The summed E-state index contributed by atoms with van der Waals surface area (Å²) in [6, 6.07) is 0. The van der Waals surface area contributed by atoms with Gasteiger partial charge in [-0.1, -0.05) is 19.3 Å². The first-order chi connectivity index (χ1) is 11.7. The number of hydrogen-bond donors (Lipinski definition) is 2. The monoisotopic (exact) mass is 430 g/mol. The first-order valence-electron chi connectivity index (χ1n) is 7.39. The van der Waals surface area contributed by atoms with Crippen molar-refractivity contribution in [3.05, 3.63) is 0 Å². The fourth-order valence-electron chi connectivity index (χ4n) is 3.19. The van der Waals surface area contributed by atoms with Gasteiger partial charge in [0, 0.05) is 0 Å². The lowest BCUT2D eigenvalue weighted by atomic mass is 9.78. The third-order valence-corrected chi connectivity index (χ3v) is 4.81. The third kappa shape index (κ3) is 4.40. The van der Waals surface area contributed by atoms with Crippen molar-refractivity contribution >= 4 is 0 Å². The van der Waals surface area contributed by atoms with E-state index in [1.54, 1.807) is 0 Å². The van der Waals surface area contributed by atoms with Crippen molar-refractivity contribution in [3.63, 3.8) is 0 Å². The van der Waals surface area contributed by atoms with Gasteiger partial charge in [0.05, 0.1) is 0 Å². The Labute approximate surface area is 144 Å². The van der Waals surface area contributed by atoms with Crippen molar-refractivity contribution in [1.82, 2.24) is 0 Å². The van der Waals surface area contributed by atoms with Gasteiger partial charge in [-0.2, -0.15) is 52.7 Å². The van der Waals surface area contributed by atoms with E-state index < -0.39 is 73.4 Å². The summed E-state index contributed by atoms with van der Waals surface area (Å²) in [6.07, 6.45) is -30.7. The number of alkyl halides is 12. The molecule has 1 saturated carbocycles. The standard InChI is InChI=1S/C13H14F12O2/c14-10(15,16)8(26,11(17,18)19)4-6-2-1-3-7(6)5-9(27,12(20,21)22)13(23,24)25/h6-7,26-27H,1-5H2/t6-,7-/m0/s1. The zero-order valence-electron chi connectivity index (χ0n) is 13.1. The van der Waals surface area contributed by atoms with E-state index in [0.717, 1.165) is 0 Å². The van der Waals surface area contributed by atoms with Crippen LogP contribution in [0, 0.1) is 11.8 Å². The number of rotatable bonds is 4. The topological polar surface area (TPSA) is 40.5 Å². The van der Waals surface area contributed by atoms with Crippen LogP contribution in [0.4, 0.5) is 52.7 Å². The largest absolute Gasteiger partial charge is 0.426 e. The highest BCUT2D eigenvalue weighted by molar-refractivity contribution is 5.01. The van der Waals surface area contributed by atoms with Gasteiger partial charge in [0.25, 0.3) is 11.2 Å². The SMILES string of the molecule is OC(C[C@@H]1CCC[C@H]1CC(O)(C(F)(F)F)C(F)(F)F)(C(F)(F)F)C(F)(F)F. The molecule has 0 aromatic rings. The van der Waals surface area contributed by atoms with E-state index in [4.69, 9.17) is 10.2 Å². The van der Waals surface area contributed by atoms with Crippen LogP contribution < -0.4 is 0 Å². The molecule has 0 aromatic carbocycles. The molecule has 0 radical (unpaired) electrons. The normalized spacial score (nSPS) is 23.8. The summed E-state index contributed by atoms with van der Waals surface area (Å²) in [4.78, 5) is 0. The highest BCUT2D eigenvalue weighted by Gasteiger charge is 2.73. The van der Waals surface area contributed by atoms with Crippen molar-refractivity contribution in [3.8, 4) is 0 Å². The fourth-order valence-corrected chi connectivity index (χ4v) is 3.19. The second kappa shape index (κ2) is 6.85. The summed E-state index contributed by atoms with van der Waals surface area (Å²) in [5, 5.41) is 18.2. The molecule has 2 nitrogen and oxygen atoms in total. The molecule has 0 aromatic heterocycles. The number of halogens is 12. The molecule has 1 fully saturated rings. The Morgan fingerprint density at radius 3 is 0.926 bits per heavy atom. The molecule has 0 aliphatic heterocycles. The Hall–Kier alpha value is -0.920. The molecule has 0 bridgehead atoms. The predicted molar refractivity (Wildman–Crippen MR) is 64.2 cm³/mol. The summed E-state index contributed by atoms with van der Waals surface area (Å²) in [5.74, 6) is -3.93.